The van der Waals surface area contributed by atoms with Gasteiger partial charge in [-0.25, -0.2) is 26.4 Å². The fraction of sp³-hybridized carbons (Fsp3) is 0.657. The van der Waals surface area contributed by atoms with E-state index in [4.69, 9.17) is 29.2 Å². The Kier molecular flexibility index (Phi) is 19.1. The molecule has 0 amide bonds. The highest BCUT2D eigenvalue weighted by Gasteiger charge is 2.41. The topological polar surface area (TPSA) is 267 Å². The van der Waals surface area contributed by atoms with Crippen LogP contribution in [0.4, 0.5) is 5.82 Å². The van der Waals surface area contributed by atoms with Crippen LogP contribution in [0.25, 0.3) is 0 Å². The molecule has 1 unspecified atom stereocenters. The normalized spacial score (nSPS) is 18.5. The number of methoxy groups -OCH3 is 1. The van der Waals surface area contributed by atoms with Gasteiger partial charge in [0.1, 0.15) is 32.7 Å². The number of hydrogen-bond donors (Lipinski definition) is 4. The van der Waals surface area contributed by atoms with Crippen LogP contribution in [-0.2, 0) is 53.1 Å². The Morgan fingerprint density at radius 3 is 2.38 bits per heavy atom. The Morgan fingerprint density at radius 1 is 1.10 bits per heavy atom. The van der Waals surface area contributed by atoms with Crippen LogP contribution in [0.15, 0.2) is 26.6 Å². The van der Waals surface area contributed by atoms with Crippen molar-refractivity contribution in [3.8, 4) is 5.88 Å². The number of hydrogen-bond acceptors (Lipinski definition) is 19. The van der Waals surface area contributed by atoms with Crippen molar-refractivity contribution in [2.45, 2.75) is 91.2 Å². The molecule has 1 fully saturated rings. The Labute approximate surface area is 346 Å². The second kappa shape index (κ2) is 22.7. The van der Waals surface area contributed by atoms with Crippen LogP contribution in [0, 0.1) is 0 Å². The zero-order valence-electron chi connectivity index (χ0n) is 33.1. The van der Waals surface area contributed by atoms with Gasteiger partial charge in [-0.15, -0.1) is 15.7 Å². The van der Waals surface area contributed by atoms with Gasteiger partial charge in [0, 0.05) is 63.5 Å². The molecule has 2 aromatic heterocycles. The standard InChI is InChI=1S/C31H49N5O10S4.C4H4O4/c1-6-32-25-16-23(8-7-13-43-5)50(41,42)30-24(25)17-27(47-30)49(39,40)20-21(37)9-10-26(38)46-22(18-33-31(2,3)4)19-45-29-28(34-48-35-29)36-11-14-44-15-12-36;5-3(6)1-2-4(7)8/h17,22-23,25,32-33H,6-16,18-20H2,1-5H3;1-2H,(H,5,6)(H,7,8)/b;2-1-/t22-,23?,25-;/m0./s1. The number of aliphatic carboxylic acids is 2. The summed E-state index contributed by atoms with van der Waals surface area (Å²) in [6.07, 6.45) is 0.952. The molecule has 2 aromatic rings. The molecule has 0 aromatic carbocycles. The van der Waals surface area contributed by atoms with E-state index in [0.29, 0.717) is 99.5 Å². The number of rotatable bonds is 21. The predicted octanol–water partition coefficient (Wildman–Crippen LogP) is 2.27. The van der Waals surface area contributed by atoms with Gasteiger partial charge in [-0.2, -0.15) is 4.37 Å². The number of anilines is 1. The summed E-state index contributed by atoms with van der Waals surface area (Å²) >= 11 is 1.70. The molecule has 0 bridgehead atoms. The molecule has 58 heavy (non-hydrogen) atoms. The monoisotopic (exact) mass is 895 g/mol. The van der Waals surface area contributed by atoms with Gasteiger partial charge in [0.05, 0.1) is 36.6 Å². The van der Waals surface area contributed by atoms with Gasteiger partial charge in [0.25, 0.3) is 5.88 Å². The lowest BCUT2D eigenvalue weighted by Crippen LogP contribution is -2.44. The number of nitrogens with one attached hydrogen (secondary N) is 2. The largest absolute Gasteiger partial charge is 0.478 e. The number of esters is 1. The number of carboxylic acid groups (broad SMARTS) is 2. The molecule has 2 aliphatic heterocycles. The number of aromatic nitrogens is 2. The number of carbonyl (C=O) groups excluding carboxylic acids is 2. The summed E-state index contributed by atoms with van der Waals surface area (Å²) in [5.41, 5.74) is 0.130. The highest BCUT2D eigenvalue weighted by molar-refractivity contribution is 7.96. The molecular weight excluding hydrogens is 843 g/mol. The number of ether oxygens (including phenoxy) is 4. The molecule has 0 saturated carbocycles. The maximum Gasteiger partial charge on any atom is 0.328 e. The molecule has 3 atom stereocenters. The zero-order valence-corrected chi connectivity index (χ0v) is 36.4. The second-order valence-electron chi connectivity index (χ2n) is 14.3. The molecule has 1 saturated heterocycles. The highest BCUT2D eigenvalue weighted by Crippen LogP contribution is 2.44. The molecule has 326 valence electrons. The third-order valence-electron chi connectivity index (χ3n) is 8.55. The fourth-order valence-electron chi connectivity index (χ4n) is 5.77. The van der Waals surface area contributed by atoms with E-state index in [1.165, 1.54) is 6.07 Å². The molecule has 2 aliphatic rings. The maximum atomic E-state index is 13.5. The van der Waals surface area contributed by atoms with Crippen molar-refractivity contribution in [2.24, 2.45) is 0 Å². The van der Waals surface area contributed by atoms with Gasteiger partial charge in [-0.3, -0.25) is 9.59 Å². The summed E-state index contributed by atoms with van der Waals surface area (Å²) in [5, 5.41) is 21.5. The zero-order chi connectivity index (χ0) is 43.1. The summed E-state index contributed by atoms with van der Waals surface area (Å²) in [4.78, 5) is 46.9. The Balaban J connectivity index is 0.00000101. The van der Waals surface area contributed by atoms with Crippen LogP contribution in [-0.4, -0.2) is 142 Å². The second-order valence-corrected chi connectivity index (χ2v) is 20.5. The third-order valence-corrected chi connectivity index (χ3v) is 15.2. The van der Waals surface area contributed by atoms with E-state index in [1.54, 1.807) is 7.11 Å². The van der Waals surface area contributed by atoms with E-state index in [0.717, 1.165) is 11.7 Å². The smallest absolute Gasteiger partial charge is 0.328 e. The molecule has 0 aliphatic carbocycles. The summed E-state index contributed by atoms with van der Waals surface area (Å²) in [6.45, 7) is 11.5. The lowest BCUT2D eigenvalue weighted by molar-refractivity contribution is -0.151. The van der Waals surface area contributed by atoms with E-state index >= 15 is 0 Å². The van der Waals surface area contributed by atoms with Crippen LogP contribution in [0.2, 0.25) is 0 Å². The average molecular weight is 896 g/mol. The molecule has 23 heteroatoms. The van der Waals surface area contributed by atoms with Crippen molar-refractivity contribution in [1.29, 1.82) is 0 Å². The third kappa shape index (κ3) is 15.5. The average Bonchev–Trinajstić information content (AvgIpc) is 3.83. The van der Waals surface area contributed by atoms with Crippen molar-refractivity contribution in [3.63, 3.8) is 0 Å². The molecule has 4 N–H and O–H groups in total. The van der Waals surface area contributed by atoms with Gasteiger partial charge in [-0.05, 0) is 58.2 Å². The van der Waals surface area contributed by atoms with Crippen LogP contribution >= 0.6 is 23.1 Å². The summed E-state index contributed by atoms with van der Waals surface area (Å²) in [5.74, 6) is -3.81. The van der Waals surface area contributed by atoms with Crippen molar-refractivity contribution in [2.75, 3.05) is 70.4 Å². The molecule has 4 heterocycles. The molecule has 0 spiro atoms. The first-order valence-corrected chi connectivity index (χ1v) is 23.2. The van der Waals surface area contributed by atoms with Crippen molar-refractivity contribution in [1.82, 2.24) is 19.4 Å². The lowest BCUT2D eigenvalue weighted by Gasteiger charge is -2.29. The summed E-state index contributed by atoms with van der Waals surface area (Å²) < 4.78 is 84.2. The molecular formula is C35H53N5O14S4. The first-order valence-electron chi connectivity index (χ1n) is 18.5. The number of ketones is 1. The minimum absolute atomic E-state index is 0.0209. The van der Waals surface area contributed by atoms with Crippen LogP contribution in [0.1, 0.15) is 71.4 Å². The van der Waals surface area contributed by atoms with Crippen LogP contribution in [0.3, 0.4) is 0 Å². The number of sulfone groups is 2. The number of nitrogens with zero attached hydrogens (tertiary/aromatic N) is 3. The van der Waals surface area contributed by atoms with E-state index in [2.05, 4.69) is 19.4 Å². The first kappa shape index (κ1) is 48.8. The van der Waals surface area contributed by atoms with Crippen molar-refractivity contribution >= 4 is 72.2 Å². The predicted molar refractivity (Wildman–Crippen MR) is 214 cm³/mol. The highest BCUT2D eigenvalue weighted by atomic mass is 32.3. The quantitative estimate of drug-likeness (QED) is 0.0795. The Hall–Kier alpha value is -3.58. The molecule has 0 radical (unpaired) electrons. The lowest BCUT2D eigenvalue weighted by atomic mass is 10.0. The van der Waals surface area contributed by atoms with E-state index in [9.17, 15) is 36.0 Å². The number of carbonyl (C=O) groups is 4. The van der Waals surface area contributed by atoms with Gasteiger partial charge >= 0.3 is 17.9 Å². The van der Waals surface area contributed by atoms with Gasteiger partial charge in [-0.1, -0.05) is 6.92 Å². The van der Waals surface area contributed by atoms with E-state index < -0.39 is 60.5 Å². The van der Waals surface area contributed by atoms with Gasteiger partial charge in [0.15, 0.2) is 19.7 Å². The Morgan fingerprint density at radius 2 is 1.78 bits per heavy atom. The molecule has 19 nitrogen and oxygen atoms in total. The minimum Gasteiger partial charge on any atom is -0.478 e. The number of carboxylic acids is 2. The van der Waals surface area contributed by atoms with Crippen LogP contribution < -0.4 is 20.3 Å². The molecule has 4 rings (SSSR count). The summed E-state index contributed by atoms with van der Waals surface area (Å²) in [6, 6.07) is 1.04. The Bertz CT molecular complexity index is 1920. The van der Waals surface area contributed by atoms with E-state index in [-0.39, 0.29) is 46.0 Å². The maximum absolute atomic E-state index is 13.5. The number of morpholine rings is 1. The van der Waals surface area contributed by atoms with Crippen molar-refractivity contribution in [3.05, 3.63) is 23.8 Å². The minimum atomic E-state index is -4.17. The van der Waals surface area contributed by atoms with Gasteiger partial charge in [0.2, 0.25) is 5.82 Å². The van der Waals surface area contributed by atoms with E-state index in [1.807, 2.05) is 32.6 Å². The van der Waals surface area contributed by atoms with Crippen LogP contribution in [0.5, 0.6) is 5.88 Å². The summed E-state index contributed by atoms with van der Waals surface area (Å²) in [7, 11) is -6.39. The van der Waals surface area contributed by atoms with Crippen molar-refractivity contribution < 1.29 is 65.2 Å². The number of Topliss-reactive ketones (excluding diaryl/α,β-unsaturated/α-hetero) is 1. The number of thiophene rings is 1. The first-order chi connectivity index (χ1) is 27.3. The number of fused-ring (bicyclic) bond motifs is 1. The van der Waals surface area contributed by atoms with Gasteiger partial charge < -0.3 is 44.7 Å². The SMILES string of the molecule is CCN[C@H]1CC(CCCOC)S(=O)(=O)c2sc(S(=O)(=O)CC(=O)CCC(=O)O[C@@H](CNC(C)(C)C)COc3nsnc3N3CCOCC3)cc21.O=C(O)/C=C\C(=O)O. The fourth-order valence-corrected chi connectivity index (χ4v) is 12.0.